The van der Waals surface area contributed by atoms with Gasteiger partial charge in [0.05, 0.1) is 11.1 Å². The number of nitrogens with zero attached hydrogens (tertiary/aromatic N) is 4. The van der Waals surface area contributed by atoms with E-state index in [2.05, 4.69) is 15.3 Å². The Bertz CT molecular complexity index is 1370. The first-order valence-electron chi connectivity index (χ1n) is 11.2. The van der Waals surface area contributed by atoms with Crippen molar-refractivity contribution in [1.82, 2.24) is 19.9 Å². The van der Waals surface area contributed by atoms with E-state index in [1.807, 2.05) is 13.8 Å². The monoisotopic (exact) mass is 549 g/mol. The van der Waals surface area contributed by atoms with E-state index in [-0.39, 0.29) is 45.3 Å². The van der Waals surface area contributed by atoms with Gasteiger partial charge < -0.3 is 10.2 Å². The van der Waals surface area contributed by atoms with E-state index in [4.69, 9.17) is 0 Å². The van der Waals surface area contributed by atoms with Gasteiger partial charge in [-0.25, -0.2) is 9.78 Å². The minimum absolute atomic E-state index is 0.00929. The smallest absolute Gasteiger partial charge is 0.353 e. The van der Waals surface area contributed by atoms with E-state index >= 15 is 0 Å². The average molecular weight is 550 g/mol. The Kier molecular flexibility index (Phi) is 6.27. The Labute approximate surface area is 209 Å². The van der Waals surface area contributed by atoms with Crippen LogP contribution in [0.4, 0.5) is 32.2 Å². The SMILES string of the molecule is CC1CN(c2nc(=O)n3c4c(c(-c5nc(C(F)(F)F)cs5)c(C(F)(F)F)cc24)SCCC3)CC(C)N1. The molecule has 1 N–H and O–H groups in total. The summed E-state index contributed by atoms with van der Waals surface area (Å²) < 4.78 is 84.4. The number of hydrogen-bond donors (Lipinski definition) is 1. The van der Waals surface area contributed by atoms with Crippen molar-refractivity contribution < 1.29 is 26.3 Å². The standard InChI is InChI=1S/C22H21F6N5OS2/c1-10-7-32(8-11(2)29-10)18-12-6-13(21(23,24)25)15(19-30-14(9-36-19)22(26,27)28)17-16(12)33(20(34)31-18)4-3-5-35-17/h6,9-11,29H,3-5,7-8H2,1-2H3. The third-order valence-electron chi connectivity index (χ3n) is 6.14. The highest BCUT2D eigenvalue weighted by Gasteiger charge is 2.40. The Morgan fingerprint density at radius 3 is 2.36 bits per heavy atom. The zero-order chi connectivity index (χ0) is 26.0. The molecule has 0 saturated carbocycles. The van der Waals surface area contributed by atoms with Gasteiger partial charge in [-0.2, -0.15) is 31.3 Å². The van der Waals surface area contributed by atoms with E-state index < -0.39 is 34.9 Å². The van der Waals surface area contributed by atoms with Crippen LogP contribution in [0.5, 0.6) is 0 Å². The maximum absolute atomic E-state index is 14.4. The highest BCUT2D eigenvalue weighted by Crippen LogP contribution is 2.49. The van der Waals surface area contributed by atoms with Gasteiger partial charge in [0, 0.05) is 52.9 Å². The van der Waals surface area contributed by atoms with Gasteiger partial charge in [0.2, 0.25) is 0 Å². The Balaban J connectivity index is 1.86. The number of halogens is 6. The van der Waals surface area contributed by atoms with Gasteiger partial charge >= 0.3 is 18.0 Å². The number of nitrogens with one attached hydrogen (secondary N) is 1. The van der Waals surface area contributed by atoms with E-state index in [1.165, 1.54) is 4.57 Å². The van der Waals surface area contributed by atoms with Crippen LogP contribution in [0.3, 0.4) is 0 Å². The van der Waals surface area contributed by atoms with Crippen molar-refractivity contribution in [3.8, 4) is 10.6 Å². The molecule has 5 rings (SSSR count). The lowest BCUT2D eigenvalue weighted by atomic mass is 10.0. The number of aromatic nitrogens is 3. The molecule has 0 bridgehead atoms. The molecule has 1 aromatic carbocycles. The molecule has 194 valence electrons. The van der Waals surface area contributed by atoms with E-state index in [9.17, 15) is 31.1 Å². The zero-order valence-corrected chi connectivity index (χ0v) is 20.8. The molecule has 2 aliphatic rings. The molecule has 0 spiro atoms. The second kappa shape index (κ2) is 8.91. The summed E-state index contributed by atoms with van der Waals surface area (Å²) in [5.41, 5.74) is -3.10. The molecule has 1 saturated heterocycles. The summed E-state index contributed by atoms with van der Waals surface area (Å²) in [6.45, 7) is 4.97. The van der Waals surface area contributed by atoms with Gasteiger partial charge in [0.1, 0.15) is 10.8 Å². The molecule has 14 heteroatoms. The summed E-state index contributed by atoms with van der Waals surface area (Å²) >= 11 is 1.61. The fraction of sp³-hybridized carbons (Fsp3) is 0.500. The van der Waals surface area contributed by atoms with Gasteiger partial charge in [-0.1, -0.05) is 0 Å². The molecule has 0 aliphatic carbocycles. The molecule has 2 aliphatic heterocycles. The molecule has 0 radical (unpaired) electrons. The number of piperazine rings is 1. The van der Waals surface area contributed by atoms with Gasteiger partial charge in [-0.05, 0) is 32.1 Å². The maximum atomic E-state index is 14.4. The Morgan fingerprint density at radius 2 is 1.75 bits per heavy atom. The summed E-state index contributed by atoms with van der Waals surface area (Å²) in [6.07, 6.45) is -9.18. The third-order valence-corrected chi connectivity index (χ3v) is 8.18. The van der Waals surface area contributed by atoms with Crippen LogP contribution in [0, 0.1) is 0 Å². The Hall–Kier alpha value is -2.32. The molecule has 0 amide bonds. The second-order valence-electron chi connectivity index (χ2n) is 9.00. The van der Waals surface area contributed by atoms with Crippen LogP contribution in [-0.2, 0) is 18.9 Å². The number of aryl methyl sites for hydroxylation is 1. The number of alkyl halides is 6. The van der Waals surface area contributed by atoms with Gasteiger partial charge in [0.15, 0.2) is 5.69 Å². The van der Waals surface area contributed by atoms with Crippen LogP contribution in [-0.4, -0.2) is 45.5 Å². The minimum atomic E-state index is -4.88. The lowest BCUT2D eigenvalue weighted by Gasteiger charge is -2.37. The molecule has 2 aromatic heterocycles. The van der Waals surface area contributed by atoms with Crippen LogP contribution < -0.4 is 15.9 Å². The van der Waals surface area contributed by atoms with Gasteiger partial charge in [0.25, 0.3) is 0 Å². The molecule has 2 unspecified atom stereocenters. The fourth-order valence-electron chi connectivity index (χ4n) is 4.83. The van der Waals surface area contributed by atoms with Crippen molar-refractivity contribution in [2.45, 2.75) is 56.1 Å². The van der Waals surface area contributed by atoms with Crippen LogP contribution >= 0.6 is 23.1 Å². The van der Waals surface area contributed by atoms with Crippen molar-refractivity contribution in [2.75, 3.05) is 23.7 Å². The Morgan fingerprint density at radius 1 is 1.06 bits per heavy atom. The zero-order valence-electron chi connectivity index (χ0n) is 19.1. The first-order chi connectivity index (χ1) is 16.8. The topological polar surface area (TPSA) is 63.1 Å². The first kappa shape index (κ1) is 25.3. The van der Waals surface area contributed by atoms with Crippen LogP contribution in [0.1, 0.15) is 31.5 Å². The van der Waals surface area contributed by atoms with Gasteiger partial charge in [-0.3, -0.25) is 4.57 Å². The molecular formula is C22H21F6N5OS2. The summed E-state index contributed by atoms with van der Waals surface area (Å²) in [5.74, 6) is 0.543. The molecule has 2 atom stereocenters. The van der Waals surface area contributed by atoms with Crippen LogP contribution in [0.2, 0.25) is 0 Å². The van der Waals surface area contributed by atoms with Crippen LogP contribution in [0.15, 0.2) is 21.1 Å². The van der Waals surface area contributed by atoms with Crippen molar-refractivity contribution in [3.63, 3.8) is 0 Å². The first-order valence-corrected chi connectivity index (χ1v) is 13.1. The molecule has 3 aromatic rings. The van der Waals surface area contributed by atoms with E-state index in [0.29, 0.717) is 42.0 Å². The molecule has 6 nitrogen and oxygen atoms in total. The number of hydrogen-bond acceptors (Lipinski definition) is 7. The molecule has 1 fully saturated rings. The molecule has 36 heavy (non-hydrogen) atoms. The molecule has 4 heterocycles. The minimum Gasteiger partial charge on any atom is -0.353 e. The van der Waals surface area contributed by atoms with E-state index in [1.54, 1.807) is 4.90 Å². The maximum Gasteiger partial charge on any atom is 0.434 e. The summed E-state index contributed by atoms with van der Waals surface area (Å²) in [5, 5.41) is 3.82. The summed E-state index contributed by atoms with van der Waals surface area (Å²) in [7, 11) is 0. The predicted molar refractivity (Wildman–Crippen MR) is 127 cm³/mol. The number of thioether (sulfide) groups is 1. The van der Waals surface area contributed by atoms with Crippen molar-refractivity contribution in [1.29, 1.82) is 0 Å². The van der Waals surface area contributed by atoms with Crippen molar-refractivity contribution in [3.05, 3.63) is 33.2 Å². The lowest BCUT2D eigenvalue weighted by Crippen LogP contribution is -2.55. The number of anilines is 1. The predicted octanol–water partition coefficient (Wildman–Crippen LogP) is 5.24. The number of thiazole rings is 1. The highest BCUT2D eigenvalue weighted by atomic mass is 32.2. The lowest BCUT2D eigenvalue weighted by molar-refractivity contribution is -0.140. The highest BCUT2D eigenvalue weighted by molar-refractivity contribution is 7.99. The number of rotatable bonds is 2. The normalized spacial score (nSPS) is 21.2. The van der Waals surface area contributed by atoms with Crippen molar-refractivity contribution in [2.24, 2.45) is 0 Å². The third kappa shape index (κ3) is 4.47. The van der Waals surface area contributed by atoms with E-state index in [0.717, 1.165) is 17.8 Å². The number of benzene rings is 1. The quantitative estimate of drug-likeness (QED) is 0.442. The fourth-order valence-corrected chi connectivity index (χ4v) is 6.97. The average Bonchev–Trinajstić information content (AvgIpc) is 3.15. The van der Waals surface area contributed by atoms with Gasteiger partial charge in [-0.15, -0.1) is 23.1 Å². The largest absolute Gasteiger partial charge is 0.434 e. The van der Waals surface area contributed by atoms with Crippen molar-refractivity contribution >= 4 is 39.8 Å². The summed E-state index contributed by atoms with van der Waals surface area (Å²) in [6, 6.07) is 0.940. The van der Waals surface area contributed by atoms with Crippen LogP contribution in [0.25, 0.3) is 21.5 Å². The second-order valence-corrected chi connectivity index (χ2v) is 11.0. The molecular weight excluding hydrogens is 528 g/mol. The summed E-state index contributed by atoms with van der Waals surface area (Å²) in [4.78, 5) is 22.8.